The van der Waals surface area contributed by atoms with Gasteiger partial charge in [0, 0.05) is 19.7 Å². The van der Waals surface area contributed by atoms with Gasteiger partial charge in [0.1, 0.15) is 6.10 Å². The lowest BCUT2D eigenvalue weighted by Gasteiger charge is -2.29. The second-order valence-electron chi connectivity index (χ2n) is 5.41. The highest BCUT2D eigenvalue weighted by atomic mass is 16.6. The van der Waals surface area contributed by atoms with Crippen molar-refractivity contribution < 1.29 is 18.9 Å². The third-order valence-corrected chi connectivity index (χ3v) is 3.51. The molecule has 1 saturated heterocycles. The zero-order chi connectivity index (χ0) is 15.9. The lowest BCUT2D eigenvalue weighted by molar-refractivity contribution is -0.136. The van der Waals surface area contributed by atoms with E-state index in [-0.39, 0.29) is 0 Å². The van der Waals surface area contributed by atoms with Crippen LogP contribution in [-0.2, 0) is 18.9 Å². The summed E-state index contributed by atoms with van der Waals surface area (Å²) in [5.41, 5.74) is 1.89. The number of benzene rings is 1. The van der Waals surface area contributed by atoms with E-state index in [1.165, 1.54) is 0 Å². The van der Waals surface area contributed by atoms with Gasteiger partial charge in [-0.25, -0.2) is 0 Å². The number of carbonyl (C=O) groups is 2. The predicted molar refractivity (Wildman–Crippen MR) is 85.2 cm³/mol. The van der Waals surface area contributed by atoms with Crippen LogP contribution in [0.2, 0.25) is 0 Å². The Bertz CT molecular complexity index is 546. The van der Waals surface area contributed by atoms with Crippen molar-refractivity contribution in [3.05, 3.63) is 41.4 Å². The second kappa shape index (κ2) is 8.03. The Hall–Kier alpha value is -1.76. The molecule has 116 valence electrons. The maximum Gasteiger partial charge on any atom is 0.489 e. The van der Waals surface area contributed by atoms with Gasteiger partial charge in [0.2, 0.25) is 5.78 Å². The van der Waals surface area contributed by atoms with Crippen LogP contribution in [0.5, 0.6) is 0 Å². The van der Waals surface area contributed by atoms with Gasteiger partial charge in [-0.3, -0.25) is 9.59 Å². The summed E-state index contributed by atoms with van der Waals surface area (Å²) in [5, 5.41) is 0. The fourth-order valence-electron chi connectivity index (χ4n) is 2.27. The molecule has 6 heteroatoms. The molecule has 0 N–H and O–H groups in total. The second-order valence-corrected chi connectivity index (χ2v) is 5.41. The molecule has 1 aromatic carbocycles. The van der Waals surface area contributed by atoms with Gasteiger partial charge in [0.05, 0.1) is 0 Å². The average molecular weight is 301 g/mol. The van der Waals surface area contributed by atoms with Crippen LogP contribution in [0.1, 0.15) is 12.5 Å². The molecule has 0 saturated carbocycles. The first-order chi connectivity index (χ1) is 10.6. The van der Waals surface area contributed by atoms with E-state index in [1.54, 1.807) is 0 Å². The van der Waals surface area contributed by atoms with Gasteiger partial charge >= 0.3 is 7.12 Å². The number of allylic oxidation sites excluding steroid dienone is 1. The predicted octanol–water partition coefficient (Wildman–Crippen LogP) is 1.23. The summed E-state index contributed by atoms with van der Waals surface area (Å²) in [7, 11) is 1.24. The number of Topliss-reactive ketones (excluding diaryl/α,β-unsaturated/α-hetero) is 1. The van der Waals surface area contributed by atoms with Crippen LogP contribution in [0.15, 0.2) is 35.8 Å². The van der Waals surface area contributed by atoms with E-state index in [0.29, 0.717) is 26.0 Å². The van der Waals surface area contributed by atoms with E-state index in [1.807, 2.05) is 55.3 Å². The van der Waals surface area contributed by atoms with Crippen LogP contribution in [0.3, 0.4) is 0 Å². The van der Waals surface area contributed by atoms with Crippen LogP contribution >= 0.6 is 0 Å². The highest BCUT2D eigenvalue weighted by Gasteiger charge is 2.31. The summed E-state index contributed by atoms with van der Waals surface area (Å²) in [6, 6.07) is 9.81. The summed E-state index contributed by atoms with van der Waals surface area (Å²) in [5.74, 6) is -0.560. The zero-order valence-electron chi connectivity index (χ0n) is 12.9. The minimum absolute atomic E-state index is 0.313. The number of rotatable bonds is 4. The topological polar surface area (TPSA) is 55.8 Å². The van der Waals surface area contributed by atoms with Crippen LogP contribution in [0.4, 0.5) is 0 Å². The van der Waals surface area contributed by atoms with Crippen LogP contribution in [0, 0.1) is 0 Å². The van der Waals surface area contributed by atoms with E-state index >= 15 is 0 Å². The Kier molecular flexibility index (Phi) is 6.06. The fourth-order valence-corrected chi connectivity index (χ4v) is 2.27. The Labute approximate surface area is 131 Å². The van der Waals surface area contributed by atoms with Gasteiger partial charge in [-0.05, 0) is 25.0 Å². The van der Waals surface area contributed by atoms with E-state index < -0.39 is 19.0 Å². The molecule has 1 fully saturated rings. The van der Waals surface area contributed by atoms with Gasteiger partial charge in [-0.2, -0.15) is 0 Å². The van der Waals surface area contributed by atoms with Crippen LogP contribution < -0.4 is 0 Å². The Morgan fingerprint density at radius 2 is 2.09 bits per heavy atom. The highest BCUT2D eigenvalue weighted by Crippen LogP contribution is 2.14. The zero-order valence-corrected chi connectivity index (χ0v) is 12.9. The molecule has 1 atom stereocenters. The van der Waals surface area contributed by atoms with Gasteiger partial charge < -0.3 is 14.2 Å². The Morgan fingerprint density at radius 1 is 1.36 bits per heavy atom. The molecule has 5 nitrogen and oxygen atoms in total. The maximum absolute atomic E-state index is 11.7. The SMILES string of the molecule is CC(=Cc1ccccc1)B1OCCN(C)CC(C(=O)C=O)O1. The molecule has 0 radical (unpaired) electrons. The molecule has 0 amide bonds. The van der Waals surface area contributed by atoms with Crippen molar-refractivity contribution in [2.75, 3.05) is 26.7 Å². The smallest absolute Gasteiger partial charge is 0.406 e. The summed E-state index contributed by atoms with van der Waals surface area (Å²) < 4.78 is 11.4. The van der Waals surface area contributed by atoms with E-state index in [2.05, 4.69) is 0 Å². The highest BCUT2D eigenvalue weighted by molar-refractivity contribution is 6.55. The molecule has 1 heterocycles. The number of aldehydes is 1. The Balaban J connectivity index is 2.15. The first kappa shape index (κ1) is 16.6. The Morgan fingerprint density at radius 3 is 2.77 bits per heavy atom. The molecule has 0 spiro atoms. The number of hydrogen-bond acceptors (Lipinski definition) is 5. The molecule has 0 aliphatic carbocycles. The third kappa shape index (κ3) is 4.63. The molecule has 2 rings (SSSR count). The third-order valence-electron chi connectivity index (χ3n) is 3.51. The molecule has 0 aromatic heterocycles. The van der Waals surface area contributed by atoms with Crippen molar-refractivity contribution in [1.82, 2.24) is 4.90 Å². The molecule has 1 unspecified atom stereocenters. The summed E-state index contributed by atoms with van der Waals surface area (Å²) >= 11 is 0. The summed E-state index contributed by atoms with van der Waals surface area (Å²) in [6.45, 7) is 3.46. The van der Waals surface area contributed by atoms with Crippen molar-refractivity contribution in [2.45, 2.75) is 13.0 Å². The van der Waals surface area contributed by atoms with Crippen LogP contribution in [0.25, 0.3) is 6.08 Å². The van der Waals surface area contributed by atoms with Crippen molar-refractivity contribution in [2.24, 2.45) is 0 Å². The summed E-state index contributed by atoms with van der Waals surface area (Å²) in [6.07, 6.45) is 1.47. The minimum Gasteiger partial charge on any atom is -0.406 e. The van der Waals surface area contributed by atoms with E-state index in [0.717, 1.165) is 11.0 Å². The largest absolute Gasteiger partial charge is 0.489 e. The van der Waals surface area contributed by atoms with E-state index in [9.17, 15) is 9.59 Å². The average Bonchev–Trinajstić information content (AvgIpc) is 2.50. The van der Waals surface area contributed by atoms with Crippen LogP contribution in [-0.4, -0.2) is 56.9 Å². The molecular weight excluding hydrogens is 281 g/mol. The van der Waals surface area contributed by atoms with Gasteiger partial charge in [0.25, 0.3) is 0 Å². The monoisotopic (exact) mass is 301 g/mol. The molecule has 1 aliphatic heterocycles. The molecule has 22 heavy (non-hydrogen) atoms. The lowest BCUT2D eigenvalue weighted by atomic mass is 9.77. The number of ketones is 1. The van der Waals surface area contributed by atoms with Crippen molar-refractivity contribution in [3.63, 3.8) is 0 Å². The maximum atomic E-state index is 11.7. The van der Waals surface area contributed by atoms with Crippen molar-refractivity contribution in [1.29, 1.82) is 0 Å². The molecule has 1 aliphatic rings. The van der Waals surface area contributed by atoms with Crippen molar-refractivity contribution in [3.8, 4) is 0 Å². The van der Waals surface area contributed by atoms with E-state index in [4.69, 9.17) is 9.31 Å². The number of hydrogen-bond donors (Lipinski definition) is 0. The lowest BCUT2D eigenvalue weighted by Crippen LogP contribution is -2.46. The van der Waals surface area contributed by atoms with Crippen molar-refractivity contribution >= 4 is 25.3 Å². The standard InChI is InChI=1S/C16H20BNO4/c1-13(10-14-6-4-3-5-7-14)17-21-9-8-18(2)11-16(22-17)15(20)12-19/h3-7,10,12,16H,8-9,11H2,1-2H3. The quantitative estimate of drug-likeness (QED) is 0.476. The first-order valence-corrected chi connectivity index (χ1v) is 7.28. The van der Waals surface area contributed by atoms with Gasteiger partial charge in [-0.15, -0.1) is 0 Å². The first-order valence-electron chi connectivity index (χ1n) is 7.28. The molecular formula is C16H20BNO4. The number of nitrogens with zero attached hydrogens (tertiary/aromatic N) is 1. The number of likely N-dealkylation sites (N-methyl/N-ethyl adjacent to an activating group) is 1. The fraction of sp³-hybridized carbons (Fsp3) is 0.375. The normalized spacial score (nSPS) is 21.1. The molecule has 0 bridgehead atoms. The number of carbonyl (C=O) groups excluding carboxylic acids is 2. The van der Waals surface area contributed by atoms with Gasteiger partial charge in [-0.1, -0.05) is 36.4 Å². The molecule has 1 aromatic rings. The summed E-state index contributed by atoms with van der Waals surface area (Å²) in [4.78, 5) is 24.4. The van der Waals surface area contributed by atoms with Gasteiger partial charge in [0.15, 0.2) is 6.29 Å². The minimum atomic E-state index is -0.799.